The van der Waals surface area contributed by atoms with Crippen LogP contribution in [0, 0.1) is 24.8 Å². The number of halogens is 1. The standard InChI is InChI=1S/C12H21.2C5H5.BrH.Zr/c1-3-5-7-11(6-4-2)10-12-8-9-12;2*1-2-4-5-3-1;;/h12H,3-6,8-10H2,1-2H3;2*1-5H;1H;/p-1. The van der Waals surface area contributed by atoms with Crippen LogP contribution >= 0.6 is 0 Å². The molecule has 3 radical (unpaired) electrons. The van der Waals surface area contributed by atoms with Gasteiger partial charge in [-0.3, -0.25) is 0 Å². The summed E-state index contributed by atoms with van der Waals surface area (Å²) in [6.07, 6.45) is 32.9. The molecule has 0 aromatic heterocycles. The zero-order valence-electron chi connectivity index (χ0n) is 15.2. The van der Waals surface area contributed by atoms with E-state index in [1.165, 1.54) is 44.9 Å². The molecule has 24 heavy (non-hydrogen) atoms. The van der Waals surface area contributed by atoms with Crippen LogP contribution in [0.15, 0.2) is 54.2 Å². The Hall–Kier alpha value is 0.0631. The van der Waals surface area contributed by atoms with Crippen molar-refractivity contribution in [3.05, 3.63) is 73.1 Å². The molecule has 131 valence electrons. The quantitative estimate of drug-likeness (QED) is 0.559. The third-order valence-corrected chi connectivity index (χ3v) is 3.52. The van der Waals surface area contributed by atoms with Crippen LogP contribution in [0.2, 0.25) is 0 Å². The predicted octanol–water partition coefficient (Wildman–Crippen LogP) is 3.75. The minimum Gasteiger partial charge on any atom is -1.00 e. The fraction of sp³-hybridized carbons (Fsp3) is 0.455. The molecular formula is C22H31BrZr-. The first kappa shape index (κ1) is 26.3. The molecule has 3 aliphatic carbocycles. The third-order valence-electron chi connectivity index (χ3n) is 3.52. The SMILES string of the molecule is CCC[C]=C(CCC)CC1CC1.[Br-].[CH]1C=CC=C1.[CH]1C=CC=C1.[Zr]. The molecule has 0 nitrogen and oxygen atoms in total. The van der Waals surface area contributed by atoms with E-state index in [-0.39, 0.29) is 43.2 Å². The number of allylic oxidation sites excluding steroid dienone is 10. The van der Waals surface area contributed by atoms with Crippen LogP contribution in [0.1, 0.15) is 58.8 Å². The summed E-state index contributed by atoms with van der Waals surface area (Å²) in [4.78, 5) is 0. The summed E-state index contributed by atoms with van der Waals surface area (Å²) in [7, 11) is 0. The molecule has 0 aliphatic heterocycles. The van der Waals surface area contributed by atoms with E-state index in [0.717, 1.165) is 5.92 Å². The molecule has 0 aromatic rings. The number of hydrogen-bond donors (Lipinski definition) is 0. The summed E-state index contributed by atoms with van der Waals surface area (Å²) in [6.45, 7) is 4.49. The van der Waals surface area contributed by atoms with Gasteiger partial charge in [0.15, 0.2) is 0 Å². The summed E-state index contributed by atoms with van der Waals surface area (Å²) in [5, 5.41) is 0. The van der Waals surface area contributed by atoms with Crippen molar-refractivity contribution in [2.75, 3.05) is 0 Å². The van der Waals surface area contributed by atoms with E-state index >= 15 is 0 Å². The normalized spacial score (nSPS) is 16.5. The van der Waals surface area contributed by atoms with Crippen LogP contribution in [0.3, 0.4) is 0 Å². The van der Waals surface area contributed by atoms with Crippen molar-refractivity contribution in [3.63, 3.8) is 0 Å². The Bertz CT molecular complexity index is 370. The molecule has 0 saturated heterocycles. The van der Waals surface area contributed by atoms with Gasteiger partial charge in [0.25, 0.3) is 0 Å². The number of rotatable bonds is 6. The minimum absolute atomic E-state index is 0. The van der Waals surface area contributed by atoms with Crippen LogP contribution in [0.4, 0.5) is 0 Å². The average Bonchev–Trinajstić information content (AvgIpc) is 3.06. The van der Waals surface area contributed by atoms with Crippen LogP contribution in [0.25, 0.3) is 0 Å². The summed E-state index contributed by atoms with van der Waals surface area (Å²) in [6, 6.07) is 0. The Kier molecular flexibility index (Phi) is 21.2. The van der Waals surface area contributed by atoms with E-state index in [1.807, 2.05) is 61.4 Å². The van der Waals surface area contributed by atoms with Gasteiger partial charge in [-0.1, -0.05) is 80.9 Å². The minimum atomic E-state index is 0. The first-order valence-electron chi connectivity index (χ1n) is 8.78. The molecule has 3 rings (SSSR count). The zero-order valence-corrected chi connectivity index (χ0v) is 19.2. The van der Waals surface area contributed by atoms with Gasteiger partial charge in [0.05, 0.1) is 0 Å². The van der Waals surface area contributed by atoms with Crippen molar-refractivity contribution in [1.29, 1.82) is 0 Å². The van der Waals surface area contributed by atoms with Gasteiger partial charge in [0.2, 0.25) is 0 Å². The predicted molar refractivity (Wildman–Crippen MR) is 99.1 cm³/mol. The van der Waals surface area contributed by atoms with Gasteiger partial charge in [-0.25, -0.2) is 0 Å². The van der Waals surface area contributed by atoms with Gasteiger partial charge in [0, 0.05) is 39.0 Å². The second-order valence-electron chi connectivity index (χ2n) is 5.85. The topological polar surface area (TPSA) is 0 Å². The van der Waals surface area contributed by atoms with Crippen molar-refractivity contribution >= 4 is 0 Å². The fourth-order valence-corrected chi connectivity index (χ4v) is 2.18. The Morgan fingerprint density at radius 2 is 1.33 bits per heavy atom. The molecule has 0 atom stereocenters. The van der Waals surface area contributed by atoms with E-state index in [1.54, 1.807) is 5.57 Å². The van der Waals surface area contributed by atoms with E-state index in [4.69, 9.17) is 0 Å². The first-order chi connectivity index (χ1) is 10.9. The first-order valence-corrected chi connectivity index (χ1v) is 8.78. The summed E-state index contributed by atoms with van der Waals surface area (Å²) >= 11 is 0. The second-order valence-corrected chi connectivity index (χ2v) is 5.85. The molecule has 2 heteroatoms. The summed E-state index contributed by atoms with van der Waals surface area (Å²) in [5.74, 6) is 1.04. The van der Waals surface area contributed by atoms with E-state index in [2.05, 4.69) is 19.9 Å². The monoisotopic (exact) mass is 464 g/mol. The van der Waals surface area contributed by atoms with Crippen LogP contribution < -0.4 is 17.0 Å². The smallest absolute Gasteiger partial charge is 0.00506 e. The van der Waals surface area contributed by atoms with Crippen LogP contribution in [0.5, 0.6) is 0 Å². The molecule has 0 unspecified atom stereocenters. The molecular weight excluding hydrogens is 435 g/mol. The van der Waals surface area contributed by atoms with E-state index in [9.17, 15) is 0 Å². The Morgan fingerprint density at radius 3 is 1.62 bits per heavy atom. The van der Waals surface area contributed by atoms with Crippen LogP contribution in [-0.4, -0.2) is 0 Å². The fourth-order valence-electron chi connectivity index (χ4n) is 2.18. The number of hydrogen-bond acceptors (Lipinski definition) is 0. The maximum Gasteiger partial charge on any atom is 0.00506 e. The summed E-state index contributed by atoms with van der Waals surface area (Å²) in [5.41, 5.74) is 1.61. The average molecular weight is 467 g/mol. The molecule has 0 amide bonds. The van der Waals surface area contributed by atoms with Crippen molar-refractivity contribution < 1.29 is 43.2 Å². The molecule has 1 fully saturated rings. The second kappa shape index (κ2) is 19.4. The van der Waals surface area contributed by atoms with Gasteiger partial charge < -0.3 is 17.0 Å². The molecule has 1 saturated carbocycles. The van der Waals surface area contributed by atoms with Crippen molar-refractivity contribution in [2.45, 2.75) is 58.8 Å². The molecule has 0 heterocycles. The molecule has 0 bridgehead atoms. The van der Waals surface area contributed by atoms with E-state index < -0.39 is 0 Å². The molecule has 0 spiro atoms. The van der Waals surface area contributed by atoms with Crippen molar-refractivity contribution in [2.24, 2.45) is 5.92 Å². The van der Waals surface area contributed by atoms with Gasteiger partial charge >= 0.3 is 0 Å². The largest absolute Gasteiger partial charge is 1.00 e. The molecule has 0 aromatic carbocycles. The van der Waals surface area contributed by atoms with Gasteiger partial charge in [-0.2, -0.15) is 0 Å². The van der Waals surface area contributed by atoms with E-state index in [0.29, 0.717) is 0 Å². The Balaban J connectivity index is 0. The Labute approximate surface area is 180 Å². The number of unbranched alkanes of at least 4 members (excludes halogenated alkanes) is 1. The van der Waals surface area contributed by atoms with Gasteiger partial charge in [-0.05, 0) is 44.1 Å². The van der Waals surface area contributed by atoms with Crippen LogP contribution in [-0.2, 0) is 26.2 Å². The van der Waals surface area contributed by atoms with Crippen molar-refractivity contribution in [3.8, 4) is 0 Å². The maximum absolute atomic E-state index is 3.56. The third kappa shape index (κ3) is 16.9. The zero-order chi connectivity index (χ0) is 15.9. The summed E-state index contributed by atoms with van der Waals surface area (Å²) < 4.78 is 0. The molecule has 0 N–H and O–H groups in total. The Morgan fingerprint density at radius 1 is 0.833 bits per heavy atom. The van der Waals surface area contributed by atoms with Crippen molar-refractivity contribution in [1.82, 2.24) is 0 Å². The van der Waals surface area contributed by atoms with Gasteiger partial charge in [-0.15, -0.1) is 0 Å². The van der Waals surface area contributed by atoms with Gasteiger partial charge in [0.1, 0.15) is 0 Å². The maximum atomic E-state index is 3.56. The molecule has 3 aliphatic rings.